The largest absolute Gasteiger partial charge is 0.496 e. The molecular weight excluding hydrogens is 405 g/mol. The Morgan fingerprint density at radius 3 is 2.28 bits per heavy atom. The summed E-state index contributed by atoms with van der Waals surface area (Å²) in [5.41, 5.74) is 1.34. The third-order valence-corrected chi connectivity index (χ3v) is 6.62. The van der Waals surface area contributed by atoms with Crippen LogP contribution in [0.1, 0.15) is 23.1 Å². The van der Waals surface area contributed by atoms with Crippen LogP contribution in [0.4, 0.5) is 18.9 Å². The summed E-state index contributed by atoms with van der Waals surface area (Å²) >= 11 is 0. The van der Waals surface area contributed by atoms with Crippen molar-refractivity contribution >= 4 is 15.7 Å². The molecule has 29 heavy (non-hydrogen) atoms. The number of alkyl halides is 3. The number of fused-ring (bicyclic) bond motifs is 1. The number of sulfonamides is 1. The first-order valence-electron chi connectivity index (χ1n) is 9.08. The Balaban J connectivity index is 1.93. The van der Waals surface area contributed by atoms with Gasteiger partial charge in [-0.1, -0.05) is 0 Å². The summed E-state index contributed by atoms with van der Waals surface area (Å²) in [5, 5.41) is 0. The first kappa shape index (κ1) is 21.4. The van der Waals surface area contributed by atoms with E-state index in [9.17, 15) is 21.6 Å². The van der Waals surface area contributed by atoms with Gasteiger partial charge in [0, 0.05) is 11.6 Å². The Kier molecular flexibility index (Phi) is 5.82. The number of nitrogens with one attached hydrogen (secondary N) is 1. The summed E-state index contributed by atoms with van der Waals surface area (Å²) in [5.74, 6) is 0.698. The summed E-state index contributed by atoms with van der Waals surface area (Å²) in [6, 6.07) is 7.11. The molecule has 2 aromatic carbocycles. The fourth-order valence-corrected chi connectivity index (χ4v) is 4.68. The van der Waals surface area contributed by atoms with Crippen LogP contribution in [-0.2, 0) is 29.0 Å². The molecule has 0 bridgehead atoms. The quantitative estimate of drug-likeness (QED) is 0.784. The maximum atomic E-state index is 12.7. The van der Waals surface area contributed by atoms with Crippen molar-refractivity contribution in [3.05, 3.63) is 53.1 Å². The molecule has 0 saturated carbocycles. The van der Waals surface area contributed by atoms with Crippen LogP contribution in [-0.4, -0.2) is 40.6 Å². The van der Waals surface area contributed by atoms with Gasteiger partial charge < -0.3 is 9.64 Å². The van der Waals surface area contributed by atoms with E-state index in [4.69, 9.17) is 4.74 Å². The van der Waals surface area contributed by atoms with E-state index in [0.717, 1.165) is 48.2 Å². The van der Waals surface area contributed by atoms with E-state index in [2.05, 4.69) is 9.62 Å². The SMILES string of the molecule is COc1ccc(NS(=O)(=O)c2ccc(C(F)(F)F)cc2)c2c1CC(N(C)C)CC2. The molecule has 1 aliphatic rings. The lowest BCUT2D eigenvalue weighted by Gasteiger charge is -2.32. The Morgan fingerprint density at radius 1 is 1.07 bits per heavy atom. The first-order chi connectivity index (χ1) is 13.5. The van der Waals surface area contributed by atoms with Crippen molar-refractivity contribution in [2.24, 2.45) is 0 Å². The predicted octanol–water partition coefficient (Wildman–Crippen LogP) is 3.93. The molecule has 158 valence electrons. The molecule has 0 heterocycles. The second-order valence-electron chi connectivity index (χ2n) is 7.26. The topological polar surface area (TPSA) is 58.6 Å². The van der Waals surface area contributed by atoms with Crippen molar-refractivity contribution in [1.29, 1.82) is 0 Å². The maximum Gasteiger partial charge on any atom is 0.416 e. The summed E-state index contributed by atoms with van der Waals surface area (Å²) in [6.45, 7) is 0. The average Bonchev–Trinajstić information content (AvgIpc) is 2.67. The zero-order valence-electron chi connectivity index (χ0n) is 16.4. The fourth-order valence-electron chi connectivity index (χ4n) is 3.58. The minimum atomic E-state index is -4.52. The minimum Gasteiger partial charge on any atom is -0.496 e. The van der Waals surface area contributed by atoms with Gasteiger partial charge in [-0.15, -0.1) is 0 Å². The summed E-state index contributed by atoms with van der Waals surface area (Å²) < 4.78 is 71.7. The van der Waals surface area contributed by atoms with Gasteiger partial charge in [0.25, 0.3) is 10.0 Å². The van der Waals surface area contributed by atoms with Crippen molar-refractivity contribution in [1.82, 2.24) is 4.90 Å². The van der Waals surface area contributed by atoms with Gasteiger partial charge in [-0.05, 0) is 75.3 Å². The van der Waals surface area contributed by atoms with Crippen molar-refractivity contribution in [2.75, 3.05) is 25.9 Å². The number of halogens is 3. The lowest BCUT2D eigenvalue weighted by molar-refractivity contribution is -0.137. The molecule has 0 aromatic heterocycles. The Hall–Kier alpha value is -2.26. The van der Waals surface area contributed by atoms with E-state index in [1.54, 1.807) is 19.2 Å². The summed E-state index contributed by atoms with van der Waals surface area (Å²) in [4.78, 5) is 1.90. The van der Waals surface area contributed by atoms with E-state index in [1.807, 2.05) is 14.1 Å². The molecule has 3 rings (SSSR count). The Morgan fingerprint density at radius 2 is 1.72 bits per heavy atom. The van der Waals surface area contributed by atoms with Crippen LogP contribution in [0.3, 0.4) is 0 Å². The zero-order chi connectivity index (χ0) is 21.4. The number of ether oxygens (including phenoxy) is 1. The molecule has 0 aliphatic heterocycles. The van der Waals surface area contributed by atoms with Crippen LogP contribution in [0.15, 0.2) is 41.3 Å². The van der Waals surface area contributed by atoms with Crippen LogP contribution in [0.2, 0.25) is 0 Å². The van der Waals surface area contributed by atoms with Crippen LogP contribution in [0.5, 0.6) is 5.75 Å². The van der Waals surface area contributed by atoms with E-state index >= 15 is 0 Å². The average molecular weight is 428 g/mol. The molecule has 9 heteroatoms. The molecule has 0 spiro atoms. The maximum absolute atomic E-state index is 12.7. The van der Waals surface area contributed by atoms with Crippen LogP contribution < -0.4 is 9.46 Å². The lowest BCUT2D eigenvalue weighted by atomic mass is 9.86. The summed E-state index contributed by atoms with van der Waals surface area (Å²) in [7, 11) is 1.54. The summed E-state index contributed by atoms with van der Waals surface area (Å²) in [6.07, 6.45) is -2.27. The number of anilines is 1. The minimum absolute atomic E-state index is 0.225. The van der Waals surface area contributed by atoms with E-state index in [-0.39, 0.29) is 4.90 Å². The van der Waals surface area contributed by atoms with Gasteiger partial charge in [0.05, 0.1) is 23.3 Å². The van der Waals surface area contributed by atoms with Crippen molar-refractivity contribution in [3.8, 4) is 5.75 Å². The van der Waals surface area contributed by atoms with Crippen molar-refractivity contribution in [2.45, 2.75) is 36.4 Å². The molecule has 1 aliphatic carbocycles. The van der Waals surface area contributed by atoms with E-state index in [0.29, 0.717) is 23.9 Å². The van der Waals surface area contributed by atoms with Crippen LogP contribution in [0, 0.1) is 0 Å². The molecule has 0 amide bonds. The molecule has 1 atom stereocenters. The number of likely N-dealkylation sites (N-methyl/N-ethyl adjacent to an activating group) is 1. The molecule has 0 saturated heterocycles. The number of hydrogen-bond acceptors (Lipinski definition) is 4. The van der Waals surface area contributed by atoms with Gasteiger partial charge in [0.15, 0.2) is 0 Å². The Labute approximate surface area is 168 Å². The molecule has 1 N–H and O–H groups in total. The smallest absolute Gasteiger partial charge is 0.416 e. The number of nitrogens with zero attached hydrogens (tertiary/aromatic N) is 1. The van der Waals surface area contributed by atoms with Crippen molar-refractivity contribution in [3.63, 3.8) is 0 Å². The predicted molar refractivity (Wildman–Crippen MR) is 105 cm³/mol. The van der Waals surface area contributed by atoms with E-state index < -0.39 is 21.8 Å². The second kappa shape index (κ2) is 7.87. The van der Waals surface area contributed by atoms with Gasteiger partial charge in [-0.2, -0.15) is 13.2 Å². The molecule has 1 unspecified atom stereocenters. The van der Waals surface area contributed by atoms with Crippen LogP contribution >= 0.6 is 0 Å². The number of benzene rings is 2. The number of methoxy groups -OCH3 is 1. The van der Waals surface area contributed by atoms with Gasteiger partial charge in [0.2, 0.25) is 0 Å². The molecule has 0 fully saturated rings. The van der Waals surface area contributed by atoms with Gasteiger partial charge in [0.1, 0.15) is 5.75 Å². The van der Waals surface area contributed by atoms with Crippen LogP contribution in [0.25, 0.3) is 0 Å². The van der Waals surface area contributed by atoms with Gasteiger partial charge in [-0.3, -0.25) is 4.72 Å². The first-order valence-corrected chi connectivity index (χ1v) is 10.6. The third kappa shape index (κ3) is 4.51. The molecule has 5 nitrogen and oxygen atoms in total. The monoisotopic (exact) mass is 428 g/mol. The Bertz CT molecular complexity index is 987. The van der Waals surface area contributed by atoms with Crippen molar-refractivity contribution < 1.29 is 26.3 Å². The molecule has 0 radical (unpaired) electrons. The normalized spacial score (nSPS) is 17.1. The zero-order valence-corrected chi connectivity index (χ0v) is 17.2. The van der Waals surface area contributed by atoms with E-state index in [1.165, 1.54) is 0 Å². The lowest BCUT2D eigenvalue weighted by Crippen LogP contribution is -2.34. The highest BCUT2D eigenvalue weighted by atomic mass is 32.2. The molecule has 2 aromatic rings. The highest BCUT2D eigenvalue weighted by Gasteiger charge is 2.31. The molecular formula is C20H23F3N2O3S. The second-order valence-corrected chi connectivity index (χ2v) is 8.94. The van der Waals surface area contributed by atoms with Gasteiger partial charge >= 0.3 is 6.18 Å². The fraction of sp³-hybridized carbons (Fsp3) is 0.400. The van der Waals surface area contributed by atoms with Gasteiger partial charge in [-0.25, -0.2) is 8.42 Å². The number of rotatable bonds is 5. The highest BCUT2D eigenvalue weighted by molar-refractivity contribution is 7.92. The standard InChI is InChI=1S/C20H23F3N2O3S/c1-25(2)14-6-9-16-17(12-14)19(28-3)11-10-18(16)24-29(26,27)15-7-4-13(5-8-15)20(21,22)23/h4-5,7-8,10-11,14,24H,6,9,12H2,1-3H3. The number of hydrogen-bond donors (Lipinski definition) is 1. The highest BCUT2D eigenvalue weighted by Crippen LogP contribution is 2.37. The third-order valence-electron chi connectivity index (χ3n) is 5.24.